The topological polar surface area (TPSA) is 109 Å². The fourth-order valence-electron chi connectivity index (χ4n) is 1.72. The molecule has 1 aromatic carbocycles. The summed E-state index contributed by atoms with van der Waals surface area (Å²) in [6.07, 6.45) is 1.94. The molecule has 0 fully saturated rings. The number of hydrogen-bond acceptors (Lipinski definition) is 4. The molecule has 0 aliphatic heterocycles. The van der Waals surface area contributed by atoms with E-state index in [-0.39, 0.29) is 6.42 Å². The van der Waals surface area contributed by atoms with Crippen LogP contribution in [0.4, 0.5) is 5.69 Å². The van der Waals surface area contributed by atoms with Crippen LogP contribution in [0.2, 0.25) is 0 Å². The van der Waals surface area contributed by atoms with Gasteiger partial charge in [0.05, 0.1) is 0 Å². The minimum atomic E-state index is -1.04. The summed E-state index contributed by atoms with van der Waals surface area (Å²) in [6, 6.07) is 3.99. The Kier molecular flexibility index (Phi) is 2.88. The van der Waals surface area contributed by atoms with Gasteiger partial charge in [-0.3, -0.25) is 4.79 Å². The van der Waals surface area contributed by atoms with Crippen molar-refractivity contribution in [3.05, 3.63) is 34.9 Å². The minimum absolute atomic E-state index is 0.239. The second-order valence-electron chi connectivity index (χ2n) is 3.78. The summed E-state index contributed by atoms with van der Waals surface area (Å²) < 4.78 is 0. The number of hydrogen-bond donors (Lipinski definition) is 3. The number of carboxylic acids is 1. The lowest BCUT2D eigenvalue weighted by molar-refractivity contribution is -0.138. The summed E-state index contributed by atoms with van der Waals surface area (Å²) in [4.78, 5) is 24.0. The van der Waals surface area contributed by atoms with Gasteiger partial charge in [0.25, 0.3) is 0 Å². The Balaban J connectivity index is 2.36. The number of aliphatic carboxylic acids is 1. The lowest BCUT2D eigenvalue weighted by Crippen LogP contribution is -2.32. The summed E-state index contributed by atoms with van der Waals surface area (Å²) in [5.74, 6) is -1.04. The molecule has 1 aromatic heterocycles. The van der Waals surface area contributed by atoms with Gasteiger partial charge in [-0.15, -0.1) is 4.91 Å². The molecule has 0 saturated heterocycles. The van der Waals surface area contributed by atoms with Crippen LogP contribution in [0, 0.1) is 4.91 Å². The first-order valence-electron chi connectivity index (χ1n) is 5.03. The molecule has 0 amide bonds. The number of nitrogens with two attached hydrogens (primary N) is 1. The Labute approximate surface area is 96.4 Å². The lowest BCUT2D eigenvalue weighted by atomic mass is 10.1. The first kappa shape index (κ1) is 11.3. The number of benzene rings is 1. The first-order valence-corrected chi connectivity index (χ1v) is 5.03. The molecular weight excluding hydrogens is 222 g/mol. The fourth-order valence-corrected chi connectivity index (χ4v) is 1.72. The van der Waals surface area contributed by atoms with Crippen LogP contribution < -0.4 is 5.73 Å². The van der Waals surface area contributed by atoms with Crippen molar-refractivity contribution in [3.63, 3.8) is 0 Å². The Hall–Kier alpha value is -2.21. The number of nitroso groups, excluding NO2 is 1. The van der Waals surface area contributed by atoms with E-state index in [0.717, 1.165) is 16.5 Å². The van der Waals surface area contributed by atoms with Crippen LogP contribution in [-0.2, 0) is 11.2 Å². The van der Waals surface area contributed by atoms with Gasteiger partial charge in [-0.05, 0) is 22.9 Å². The lowest BCUT2D eigenvalue weighted by Gasteiger charge is -2.04. The van der Waals surface area contributed by atoms with Crippen LogP contribution in [0.3, 0.4) is 0 Å². The van der Waals surface area contributed by atoms with Crippen LogP contribution in [0.5, 0.6) is 0 Å². The van der Waals surface area contributed by atoms with Crippen LogP contribution in [0.1, 0.15) is 5.56 Å². The number of carboxylic acid groups (broad SMARTS) is 1. The smallest absolute Gasteiger partial charge is 0.320 e. The highest BCUT2D eigenvalue weighted by Gasteiger charge is 2.14. The van der Waals surface area contributed by atoms with E-state index in [2.05, 4.69) is 10.2 Å². The number of H-pyrrole nitrogens is 1. The van der Waals surface area contributed by atoms with E-state index < -0.39 is 12.0 Å². The highest BCUT2D eigenvalue weighted by molar-refractivity contribution is 5.86. The Morgan fingerprint density at radius 2 is 2.29 bits per heavy atom. The number of fused-ring (bicyclic) bond motifs is 1. The van der Waals surface area contributed by atoms with Crippen molar-refractivity contribution in [3.8, 4) is 0 Å². The number of nitrogens with one attached hydrogen (secondary N) is 1. The van der Waals surface area contributed by atoms with Crippen molar-refractivity contribution in [2.75, 3.05) is 0 Å². The highest BCUT2D eigenvalue weighted by Crippen LogP contribution is 2.24. The molecule has 0 saturated carbocycles. The average molecular weight is 233 g/mol. The molecule has 0 bridgehead atoms. The van der Waals surface area contributed by atoms with E-state index in [1.54, 1.807) is 24.4 Å². The number of aromatic nitrogens is 1. The molecule has 1 atom stereocenters. The van der Waals surface area contributed by atoms with Crippen LogP contribution in [0.15, 0.2) is 29.6 Å². The molecule has 0 spiro atoms. The van der Waals surface area contributed by atoms with Crippen molar-refractivity contribution in [2.24, 2.45) is 10.9 Å². The number of rotatable bonds is 4. The van der Waals surface area contributed by atoms with E-state index in [1.165, 1.54) is 0 Å². The van der Waals surface area contributed by atoms with Gasteiger partial charge in [0.15, 0.2) is 0 Å². The fraction of sp³-hybridized carbons (Fsp3) is 0.182. The molecule has 2 aromatic rings. The molecule has 17 heavy (non-hydrogen) atoms. The van der Waals surface area contributed by atoms with Gasteiger partial charge in [0.2, 0.25) is 0 Å². The van der Waals surface area contributed by atoms with Gasteiger partial charge in [-0.25, -0.2) is 0 Å². The molecule has 0 radical (unpaired) electrons. The van der Waals surface area contributed by atoms with E-state index in [9.17, 15) is 9.70 Å². The summed E-state index contributed by atoms with van der Waals surface area (Å²) >= 11 is 0. The third-order valence-electron chi connectivity index (χ3n) is 2.61. The first-order chi connectivity index (χ1) is 8.11. The molecule has 88 valence electrons. The predicted octanol–water partition coefficient (Wildman–Crippen LogP) is 1.52. The molecule has 0 aliphatic rings. The standard InChI is InChI=1S/C11H11N3O3/c12-9(11(15)16)3-6-5-13-10-4-7(14-17)1-2-8(6)10/h1-2,4-5,9,13H,3,12H2,(H,15,16)/t9-/m0/s1. The highest BCUT2D eigenvalue weighted by atomic mass is 16.4. The maximum atomic E-state index is 10.7. The van der Waals surface area contributed by atoms with Gasteiger partial charge in [-0.2, -0.15) is 0 Å². The number of aromatic amines is 1. The second kappa shape index (κ2) is 4.34. The molecule has 1 heterocycles. The van der Waals surface area contributed by atoms with Gasteiger partial charge >= 0.3 is 5.97 Å². The van der Waals surface area contributed by atoms with E-state index >= 15 is 0 Å². The molecule has 0 unspecified atom stereocenters. The third-order valence-corrected chi connectivity index (χ3v) is 2.61. The van der Waals surface area contributed by atoms with E-state index in [1.807, 2.05) is 0 Å². The summed E-state index contributed by atoms with van der Waals surface area (Å²) in [5.41, 5.74) is 7.36. The average Bonchev–Trinajstić information content (AvgIpc) is 2.71. The zero-order valence-corrected chi connectivity index (χ0v) is 8.88. The van der Waals surface area contributed by atoms with Crippen molar-refractivity contribution in [1.29, 1.82) is 0 Å². The molecule has 2 rings (SSSR count). The number of nitrogens with zero attached hydrogens (tertiary/aromatic N) is 1. The predicted molar refractivity (Wildman–Crippen MR) is 63.1 cm³/mol. The van der Waals surface area contributed by atoms with Gasteiger partial charge in [0.1, 0.15) is 11.7 Å². The van der Waals surface area contributed by atoms with Crippen LogP contribution in [0.25, 0.3) is 10.9 Å². The van der Waals surface area contributed by atoms with Crippen molar-refractivity contribution >= 4 is 22.6 Å². The Morgan fingerprint density at radius 1 is 1.53 bits per heavy atom. The third kappa shape index (κ3) is 2.16. The van der Waals surface area contributed by atoms with Crippen molar-refractivity contribution < 1.29 is 9.90 Å². The molecule has 0 aliphatic carbocycles. The largest absolute Gasteiger partial charge is 0.480 e. The van der Waals surface area contributed by atoms with Crippen molar-refractivity contribution in [1.82, 2.24) is 4.98 Å². The summed E-state index contributed by atoms with van der Waals surface area (Å²) in [6.45, 7) is 0. The Morgan fingerprint density at radius 3 is 2.94 bits per heavy atom. The second-order valence-corrected chi connectivity index (χ2v) is 3.78. The van der Waals surface area contributed by atoms with Gasteiger partial charge in [0, 0.05) is 23.5 Å². The van der Waals surface area contributed by atoms with Gasteiger partial charge < -0.3 is 15.8 Å². The molecule has 4 N–H and O–H groups in total. The van der Waals surface area contributed by atoms with E-state index in [0.29, 0.717) is 5.69 Å². The summed E-state index contributed by atoms with van der Waals surface area (Å²) in [5, 5.41) is 12.4. The van der Waals surface area contributed by atoms with Gasteiger partial charge in [-0.1, -0.05) is 6.07 Å². The summed E-state index contributed by atoms with van der Waals surface area (Å²) in [7, 11) is 0. The Bertz CT molecular complexity index is 576. The maximum Gasteiger partial charge on any atom is 0.320 e. The SMILES string of the molecule is N[C@@H](Cc1c[nH]c2cc(N=O)ccc12)C(=O)O. The minimum Gasteiger partial charge on any atom is -0.480 e. The quantitative estimate of drug-likeness (QED) is 0.695. The monoisotopic (exact) mass is 233 g/mol. The van der Waals surface area contributed by atoms with Crippen LogP contribution >= 0.6 is 0 Å². The zero-order valence-electron chi connectivity index (χ0n) is 8.88. The number of carbonyl (C=O) groups is 1. The molecular formula is C11H11N3O3. The van der Waals surface area contributed by atoms with Crippen molar-refractivity contribution in [2.45, 2.75) is 12.5 Å². The van der Waals surface area contributed by atoms with Crippen LogP contribution in [-0.4, -0.2) is 22.1 Å². The van der Waals surface area contributed by atoms with E-state index in [4.69, 9.17) is 10.8 Å². The zero-order chi connectivity index (χ0) is 12.4. The molecule has 6 heteroatoms. The molecule has 6 nitrogen and oxygen atoms in total. The maximum absolute atomic E-state index is 10.7. The normalized spacial score (nSPS) is 12.5.